The number of halogens is 1. The van der Waals surface area contributed by atoms with E-state index in [0.717, 1.165) is 86.6 Å². The normalized spacial score (nSPS) is 38.1. The summed E-state index contributed by atoms with van der Waals surface area (Å²) in [6.07, 6.45) is 13.7. The number of hydrogen-bond acceptors (Lipinski definition) is 5. The molecule has 2 heterocycles. The van der Waals surface area contributed by atoms with Crippen LogP contribution in [0.2, 0.25) is 5.02 Å². The van der Waals surface area contributed by atoms with Crippen molar-refractivity contribution < 1.29 is 19.4 Å². The van der Waals surface area contributed by atoms with Gasteiger partial charge in [0.1, 0.15) is 11.7 Å². The van der Waals surface area contributed by atoms with E-state index in [9.17, 15) is 14.7 Å². The number of nitrogens with zero attached hydrogens (tertiary/aromatic N) is 2. The van der Waals surface area contributed by atoms with Crippen LogP contribution in [0.3, 0.4) is 0 Å². The highest BCUT2D eigenvalue weighted by Gasteiger charge is 2.86. The van der Waals surface area contributed by atoms with Gasteiger partial charge in [-0.3, -0.25) is 14.7 Å². The summed E-state index contributed by atoms with van der Waals surface area (Å²) in [5.74, 6) is 0.691. The number of hydrogen-bond donors (Lipinski definition) is 1. The van der Waals surface area contributed by atoms with E-state index in [4.69, 9.17) is 21.3 Å². The van der Waals surface area contributed by atoms with Gasteiger partial charge in [-0.25, -0.2) is 0 Å². The molecule has 0 amide bonds. The highest BCUT2D eigenvalue weighted by molar-refractivity contribution is 6.31. The number of carbonyl (C=O) groups excluding carboxylic acids is 1. The molecule has 1 aromatic heterocycles. The molecular formula is C42H55ClN2O4. The number of rotatable bonds is 13. The van der Waals surface area contributed by atoms with E-state index in [1.165, 1.54) is 0 Å². The first-order valence-electron chi connectivity index (χ1n) is 19.0. The third-order valence-electron chi connectivity index (χ3n) is 14.3. The molecule has 7 rings (SSSR count). The first-order chi connectivity index (χ1) is 23.6. The lowest BCUT2D eigenvalue weighted by molar-refractivity contribution is -0.197. The molecule has 1 saturated heterocycles. The number of aromatic nitrogens is 1. The number of carboxylic acid groups (broad SMARTS) is 1. The van der Waals surface area contributed by atoms with E-state index in [0.29, 0.717) is 35.7 Å². The number of aliphatic carboxylic acids is 1. The number of allylic oxidation sites excluding steroid dienone is 1. The smallest absolute Gasteiger partial charge is 0.315 e. The quantitative estimate of drug-likeness (QED) is 0.167. The summed E-state index contributed by atoms with van der Waals surface area (Å²) < 4.78 is 7.33. The van der Waals surface area contributed by atoms with Crippen molar-refractivity contribution in [3.8, 4) is 11.1 Å². The molecule has 11 atom stereocenters. The predicted octanol–water partition coefficient (Wildman–Crippen LogP) is 9.11. The molecule has 6 nitrogen and oxygen atoms in total. The number of likely N-dealkylation sites (N-methyl/N-ethyl adjacent to an activating group) is 1. The van der Waals surface area contributed by atoms with Gasteiger partial charge in [-0.15, -0.1) is 0 Å². The average Bonchev–Trinajstić information content (AvgIpc) is 3.81. The van der Waals surface area contributed by atoms with Gasteiger partial charge in [0, 0.05) is 30.3 Å². The summed E-state index contributed by atoms with van der Waals surface area (Å²) >= 11 is 6.81. The maximum absolute atomic E-state index is 14.2. The van der Waals surface area contributed by atoms with E-state index < -0.39 is 22.2 Å². The Labute approximate surface area is 298 Å². The first kappa shape index (κ1) is 34.9. The van der Waals surface area contributed by atoms with Gasteiger partial charge in [-0.2, -0.15) is 0 Å². The third kappa shape index (κ3) is 5.04. The summed E-state index contributed by atoms with van der Waals surface area (Å²) in [4.78, 5) is 34.9. The lowest BCUT2D eigenvalue weighted by Gasteiger charge is -2.60. The van der Waals surface area contributed by atoms with E-state index >= 15 is 0 Å². The third-order valence-corrected chi connectivity index (χ3v) is 14.7. The minimum Gasteiger partial charge on any atom is -0.481 e. The standard InChI is InChI=1S/C42H55ClN2O4/c1-6-8-12-29-18-38(49-37(29)24-45(5)23-36-35(43)17-30(22-44-36)28-13-10-9-11-14-28)41-21-32-27(4)15-16-33(32)40(25-46)20-31(41)19-34(26(3)7-2)42(40,41)39(47)48/h9-11,13-14,17,19,22,25-27,29,31-33,37-38H,6-8,12,15-16,18,20-21,23-24H2,1-5H3,(H,47,48)/t26?,27-,29?,31?,32-,33-,37?,38?,40?,41?,42?/m1/s1. The van der Waals surface area contributed by atoms with Crippen LogP contribution in [0.5, 0.6) is 0 Å². The monoisotopic (exact) mass is 686 g/mol. The summed E-state index contributed by atoms with van der Waals surface area (Å²) in [7, 11) is 2.11. The molecule has 1 aromatic carbocycles. The Morgan fingerprint density at radius 3 is 2.63 bits per heavy atom. The Hall–Kier alpha value is -2.54. The fraction of sp³-hybridized carbons (Fsp3) is 0.643. The molecule has 0 radical (unpaired) electrons. The van der Waals surface area contributed by atoms with Gasteiger partial charge < -0.3 is 14.6 Å². The van der Waals surface area contributed by atoms with E-state index in [-0.39, 0.29) is 30.0 Å². The molecule has 49 heavy (non-hydrogen) atoms. The molecule has 4 fully saturated rings. The predicted molar refractivity (Wildman–Crippen MR) is 194 cm³/mol. The largest absolute Gasteiger partial charge is 0.481 e. The highest BCUT2D eigenvalue weighted by atomic mass is 35.5. The Bertz CT molecular complexity index is 1600. The summed E-state index contributed by atoms with van der Waals surface area (Å²) in [5, 5.41) is 12.3. The van der Waals surface area contributed by atoms with E-state index in [2.05, 4.69) is 57.9 Å². The van der Waals surface area contributed by atoms with Gasteiger partial charge in [0.05, 0.1) is 28.3 Å². The minimum atomic E-state index is -1.20. The Morgan fingerprint density at radius 1 is 1.18 bits per heavy atom. The topological polar surface area (TPSA) is 79.7 Å². The summed E-state index contributed by atoms with van der Waals surface area (Å²) in [5.41, 5.74) is 1.28. The molecule has 264 valence electrons. The van der Waals surface area contributed by atoms with Gasteiger partial charge in [0.15, 0.2) is 0 Å². The maximum Gasteiger partial charge on any atom is 0.315 e. The molecule has 2 aromatic rings. The van der Waals surface area contributed by atoms with Crippen molar-refractivity contribution in [2.75, 3.05) is 13.6 Å². The zero-order chi connectivity index (χ0) is 34.7. The fourth-order valence-corrected chi connectivity index (χ4v) is 12.3. The highest BCUT2D eigenvalue weighted by Crippen LogP contribution is 2.84. The number of ether oxygens (including phenoxy) is 1. The van der Waals surface area contributed by atoms with Gasteiger partial charge in [-0.05, 0) is 92.7 Å². The zero-order valence-corrected chi connectivity index (χ0v) is 30.8. The molecule has 4 bridgehead atoms. The van der Waals surface area contributed by atoms with Crippen LogP contribution in [0.1, 0.15) is 91.2 Å². The molecule has 1 N–H and O–H groups in total. The Balaban J connectivity index is 1.21. The van der Waals surface area contributed by atoms with Gasteiger partial charge in [0.25, 0.3) is 0 Å². The van der Waals surface area contributed by atoms with Crippen LogP contribution in [-0.4, -0.2) is 53.0 Å². The molecule has 5 aliphatic rings. The Kier molecular flexibility index (Phi) is 9.41. The SMILES string of the molecule is CCCCC1CC(C23C[C@@H]4[C@H](C)CC[C@H]4C4(C=O)CC2C=C(C(C)CC)C34C(=O)O)OC1CN(C)Cc1ncc(-c2ccccc2)cc1Cl. The van der Waals surface area contributed by atoms with Crippen LogP contribution >= 0.6 is 11.6 Å². The van der Waals surface area contributed by atoms with Crippen LogP contribution in [0.4, 0.5) is 0 Å². The van der Waals surface area contributed by atoms with Gasteiger partial charge >= 0.3 is 5.97 Å². The number of fused-ring (bicyclic) bond motifs is 2. The second-order valence-electron chi connectivity index (χ2n) is 16.5. The van der Waals surface area contributed by atoms with Crippen molar-refractivity contribution in [3.05, 3.63) is 65.0 Å². The van der Waals surface area contributed by atoms with E-state index in [1.807, 2.05) is 30.5 Å². The fourth-order valence-electron chi connectivity index (χ4n) is 12.1. The number of pyridine rings is 1. The first-order valence-corrected chi connectivity index (χ1v) is 19.4. The number of unbranched alkanes of at least 4 members (excludes halogenated alkanes) is 1. The number of aldehydes is 1. The van der Waals surface area contributed by atoms with Crippen LogP contribution < -0.4 is 0 Å². The number of benzene rings is 1. The Morgan fingerprint density at radius 2 is 1.96 bits per heavy atom. The van der Waals surface area contributed by atoms with Crippen molar-refractivity contribution in [3.63, 3.8) is 0 Å². The lowest BCUT2D eigenvalue weighted by atomic mass is 9.41. The number of carbonyl (C=O) groups is 2. The molecule has 1 aliphatic heterocycles. The molecule has 7 heteroatoms. The van der Waals surface area contributed by atoms with Crippen LogP contribution in [-0.2, 0) is 20.9 Å². The molecule has 3 saturated carbocycles. The van der Waals surface area contributed by atoms with Crippen molar-refractivity contribution in [2.24, 2.45) is 51.8 Å². The van der Waals surface area contributed by atoms with Crippen molar-refractivity contribution in [1.82, 2.24) is 9.88 Å². The molecule has 4 aliphatic carbocycles. The zero-order valence-electron chi connectivity index (χ0n) is 30.0. The van der Waals surface area contributed by atoms with Crippen molar-refractivity contribution in [1.29, 1.82) is 0 Å². The average molecular weight is 687 g/mol. The van der Waals surface area contributed by atoms with Crippen molar-refractivity contribution >= 4 is 23.9 Å². The summed E-state index contributed by atoms with van der Waals surface area (Å²) in [6.45, 7) is 10.2. The molecule has 8 unspecified atom stereocenters. The van der Waals surface area contributed by atoms with Crippen LogP contribution in [0, 0.1) is 51.8 Å². The molecule has 0 spiro atoms. The number of carboxylic acids is 1. The second kappa shape index (κ2) is 13.2. The maximum atomic E-state index is 14.2. The van der Waals surface area contributed by atoms with Crippen molar-refractivity contribution in [2.45, 2.75) is 104 Å². The van der Waals surface area contributed by atoms with Gasteiger partial charge in [0.2, 0.25) is 0 Å². The second-order valence-corrected chi connectivity index (χ2v) is 16.9. The van der Waals surface area contributed by atoms with Crippen LogP contribution in [0.25, 0.3) is 11.1 Å². The minimum absolute atomic E-state index is 0.0273. The van der Waals surface area contributed by atoms with Crippen LogP contribution in [0.15, 0.2) is 54.2 Å². The summed E-state index contributed by atoms with van der Waals surface area (Å²) in [6, 6.07) is 12.2. The van der Waals surface area contributed by atoms with Gasteiger partial charge in [-0.1, -0.05) is 101 Å². The lowest BCUT2D eigenvalue weighted by Crippen LogP contribution is -2.65. The van der Waals surface area contributed by atoms with E-state index in [1.54, 1.807) is 0 Å². The molecular weight excluding hydrogens is 632 g/mol.